The van der Waals surface area contributed by atoms with E-state index < -0.39 is 0 Å². The number of allylic oxidation sites excluding steroid dienone is 5. The molecule has 3 heterocycles. The van der Waals surface area contributed by atoms with Crippen molar-refractivity contribution in [2.75, 3.05) is 36.1 Å². The summed E-state index contributed by atoms with van der Waals surface area (Å²) in [6.45, 7) is 7.81. The quantitative estimate of drug-likeness (QED) is 0.222. The molecular weight excluding hydrogens is 630 g/mol. The van der Waals surface area contributed by atoms with Gasteiger partial charge in [0.2, 0.25) is 0 Å². The first-order valence-corrected chi connectivity index (χ1v) is 19.1. The lowest BCUT2D eigenvalue weighted by molar-refractivity contribution is -0.130. The fourth-order valence-corrected chi connectivity index (χ4v) is 8.78. The number of ether oxygens (including phenoxy) is 2. The van der Waals surface area contributed by atoms with Crippen LogP contribution in [0.5, 0.6) is 0 Å². The lowest BCUT2D eigenvalue weighted by Gasteiger charge is -2.42. The van der Waals surface area contributed by atoms with Crippen LogP contribution < -0.4 is 9.80 Å². The van der Waals surface area contributed by atoms with E-state index in [9.17, 15) is 4.79 Å². The molecule has 7 heteroatoms. The highest BCUT2D eigenvalue weighted by atomic mass is 35.5. The van der Waals surface area contributed by atoms with Gasteiger partial charge in [-0.25, -0.2) is 0 Å². The number of piperidine rings is 1. The number of halogens is 1. The minimum atomic E-state index is -0.347. The van der Waals surface area contributed by atoms with Crippen LogP contribution in [0.4, 0.5) is 11.4 Å². The molecule has 2 aromatic carbocycles. The third-order valence-corrected chi connectivity index (χ3v) is 12.1. The van der Waals surface area contributed by atoms with Gasteiger partial charge in [0.1, 0.15) is 6.04 Å². The van der Waals surface area contributed by atoms with E-state index in [1.54, 1.807) is 16.8 Å². The number of benzene rings is 2. The van der Waals surface area contributed by atoms with Crippen LogP contribution in [-0.4, -0.2) is 50.7 Å². The van der Waals surface area contributed by atoms with Crippen molar-refractivity contribution >= 4 is 35.2 Å². The van der Waals surface area contributed by atoms with Crippen molar-refractivity contribution in [2.45, 2.75) is 89.4 Å². The predicted molar refractivity (Wildman–Crippen MR) is 200 cm³/mol. The molecule has 2 fully saturated rings. The number of carbonyl (C=O) groups excluding carboxylic acids is 1. The largest absolute Gasteiger partial charge is 0.378 e. The third-order valence-electron chi connectivity index (χ3n) is 11.8. The number of amides is 1. The van der Waals surface area contributed by atoms with E-state index in [2.05, 4.69) is 90.5 Å². The van der Waals surface area contributed by atoms with Gasteiger partial charge in [-0.05, 0) is 99.5 Å². The average Bonchev–Trinajstić information content (AvgIpc) is 3.81. The van der Waals surface area contributed by atoms with E-state index in [1.165, 1.54) is 18.5 Å². The lowest BCUT2D eigenvalue weighted by atomic mass is 9.78. The summed E-state index contributed by atoms with van der Waals surface area (Å²) in [4.78, 5) is 21.6. The summed E-state index contributed by atoms with van der Waals surface area (Å²) >= 11 is 6.72. The van der Waals surface area contributed by atoms with E-state index >= 15 is 0 Å². The van der Waals surface area contributed by atoms with Gasteiger partial charge in [-0.2, -0.15) is 0 Å². The summed E-state index contributed by atoms with van der Waals surface area (Å²) in [5, 5.41) is 0.801. The highest BCUT2D eigenvalue weighted by Gasteiger charge is 2.41. The molecule has 0 spiro atoms. The standard InChI is InChI=1S/C42H52ClN3O3/c1-3-30(2)40-41(47)46(29-44-40)36-16-14-35(15-17-36)45-24-21-34(22-25-45)33-12-18-37(19-13-33)48-27-32-20-23-42(49-28-32,26-31-8-4-5-9-31)38-10-6-7-11-39(38)43/h4-12,14-17,29-32,34,37,40H,3,13,18-28H2,1-2H3. The molecule has 2 aliphatic carbocycles. The van der Waals surface area contributed by atoms with Gasteiger partial charge in [0.05, 0.1) is 36.9 Å². The summed E-state index contributed by atoms with van der Waals surface area (Å²) in [5.41, 5.74) is 4.55. The molecule has 1 amide bonds. The number of nitrogens with zero attached hydrogens (tertiary/aromatic N) is 3. The second kappa shape index (κ2) is 15.4. The normalized spacial score (nSPS) is 28.4. The fourth-order valence-electron chi connectivity index (χ4n) is 8.48. The van der Waals surface area contributed by atoms with Gasteiger partial charge in [0.25, 0.3) is 5.91 Å². The zero-order chi connectivity index (χ0) is 33.8. The Balaban J connectivity index is 0.854. The molecule has 0 radical (unpaired) electrons. The lowest BCUT2D eigenvalue weighted by Crippen LogP contribution is -2.40. The molecule has 5 atom stereocenters. The Labute approximate surface area is 297 Å². The second-order valence-corrected chi connectivity index (χ2v) is 15.3. The van der Waals surface area contributed by atoms with Crippen LogP contribution >= 0.6 is 11.6 Å². The van der Waals surface area contributed by atoms with Gasteiger partial charge in [-0.15, -0.1) is 0 Å². The van der Waals surface area contributed by atoms with Gasteiger partial charge in [-0.3, -0.25) is 14.7 Å². The number of aliphatic imine (C=N–C) groups is 1. The molecule has 6 nitrogen and oxygen atoms in total. The van der Waals surface area contributed by atoms with Crippen LogP contribution in [0.15, 0.2) is 89.5 Å². The molecule has 0 saturated carbocycles. The summed E-state index contributed by atoms with van der Waals surface area (Å²) < 4.78 is 13.3. The summed E-state index contributed by atoms with van der Waals surface area (Å²) in [6, 6.07) is 16.4. The predicted octanol–water partition coefficient (Wildman–Crippen LogP) is 9.30. The van der Waals surface area contributed by atoms with Crippen LogP contribution in [0.1, 0.15) is 77.2 Å². The second-order valence-electron chi connectivity index (χ2n) is 14.9. The molecule has 5 aliphatic rings. The molecule has 2 aromatic rings. The van der Waals surface area contributed by atoms with Crippen LogP contribution in [-0.2, 0) is 19.9 Å². The van der Waals surface area contributed by atoms with Crippen molar-refractivity contribution in [3.05, 3.63) is 95.1 Å². The van der Waals surface area contributed by atoms with Crippen molar-refractivity contribution in [1.82, 2.24) is 0 Å². The Morgan fingerprint density at radius 2 is 1.78 bits per heavy atom. The molecule has 260 valence electrons. The SMILES string of the molecule is CCC(C)C1N=CN(c2ccc(N3CCC(C4=CCC(OCC5CCC(CC6C=CC=C6)(c6ccccc6Cl)OC5)CC4)CC3)cc2)C1=O. The zero-order valence-corrected chi connectivity index (χ0v) is 29.9. The number of hydrogen-bond acceptors (Lipinski definition) is 5. The molecular formula is C42H52ClN3O3. The van der Waals surface area contributed by atoms with E-state index in [4.69, 9.17) is 21.1 Å². The summed E-state index contributed by atoms with van der Waals surface area (Å²) in [5.74, 6) is 1.81. The Hall–Kier alpha value is -3.19. The highest BCUT2D eigenvalue weighted by Crippen LogP contribution is 2.45. The van der Waals surface area contributed by atoms with Gasteiger partial charge in [-0.1, -0.05) is 86.0 Å². The van der Waals surface area contributed by atoms with E-state index in [0.29, 0.717) is 30.5 Å². The molecule has 49 heavy (non-hydrogen) atoms. The first-order valence-electron chi connectivity index (χ1n) is 18.7. The Morgan fingerprint density at radius 1 is 1.02 bits per heavy atom. The molecule has 2 saturated heterocycles. The summed E-state index contributed by atoms with van der Waals surface area (Å²) in [6.07, 6.45) is 22.9. The van der Waals surface area contributed by atoms with Gasteiger partial charge < -0.3 is 14.4 Å². The van der Waals surface area contributed by atoms with E-state index in [0.717, 1.165) is 80.9 Å². The molecule has 0 aromatic heterocycles. The van der Waals surface area contributed by atoms with Crippen molar-refractivity contribution < 1.29 is 14.3 Å². The molecule has 0 N–H and O–H groups in total. The highest BCUT2D eigenvalue weighted by molar-refractivity contribution is 6.31. The third kappa shape index (κ3) is 7.62. The Morgan fingerprint density at radius 3 is 2.45 bits per heavy atom. The maximum Gasteiger partial charge on any atom is 0.257 e. The van der Waals surface area contributed by atoms with E-state index in [1.807, 2.05) is 12.1 Å². The van der Waals surface area contributed by atoms with Crippen LogP contribution in [0.2, 0.25) is 5.02 Å². The fraction of sp³-hybridized carbons (Fsp3) is 0.524. The maximum absolute atomic E-state index is 12.9. The molecule has 5 unspecified atom stereocenters. The molecule has 0 bridgehead atoms. The Bertz CT molecular complexity index is 1550. The van der Waals surface area contributed by atoms with Crippen molar-refractivity contribution in [3.8, 4) is 0 Å². The number of anilines is 2. The average molecular weight is 682 g/mol. The number of rotatable bonds is 11. The first kappa shape index (κ1) is 34.3. The van der Waals surface area contributed by atoms with Crippen LogP contribution in [0.25, 0.3) is 0 Å². The zero-order valence-electron chi connectivity index (χ0n) is 29.2. The minimum Gasteiger partial charge on any atom is -0.378 e. The van der Waals surface area contributed by atoms with Crippen LogP contribution in [0.3, 0.4) is 0 Å². The van der Waals surface area contributed by atoms with Crippen molar-refractivity contribution in [2.24, 2.45) is 28.7 Å². The van der Waals surface area contributed by atoms with Crippen molar-refractivity contribution in [3.63, 3.8) is 0 Å². The van der Waals surface area contributed by atoms with Crippen molar-refractivity contribution in [1.29, 1.82) is 0 Å². The maximum atomic E-state index is 12.9. The first-order chi connectivity index (χ1) is 23.9. The van der Waals surface area contributed by atoms with E-state index in [-0.39, 0.29) is 23.5 Å². The number of carbonyl (C=O) groups is 1. The smallest absolute Gasteiger partial charge is 0.257 e. The Kier molecular flexibility index (Phi) is 10.7. The number of hydrogen-bond donors (Lipinski definition) is 0. The topological polar surface area (TPSA) is 54.4 Å². The van der Waals surface area contributed by atoms with Gasteiger partial charge in [0.15, 0.2) is 0 Å². The molecule has 3 aliphatic heterocycles. The summed E-state index contributed by atoms with van der Waals surface area (Å²) in [7, 11) is 0. The van der Waals surface area contributed by atoms with Gasteiger partial charge in [0, 0.05) is 35.3 Å². The molecule has 7 rings (SSSR count). The monoisotopic (exact) mass is 681 g/mol. The minimum absolute atomic E-state index is 0.0841. The van der Waals surface area contributed by atoms with Crippen LogP contribution in [0, 0.1) is 23.7 Å². The van der Waals surface area contributed by atoms with Gasteiger partial charge >= 0.3 is 0 Å².